The first-order chi connectivity index (χ1) is 19.2. The highest BCUT2D eigenvalue weighted by Gasteiger charge is 2.11. The van der Waals surface area contributed by atoms with Crippen molar-refractivity contribution in [3.05, 3.63) is 60.7 Å². The Labute approximate surface area is 233 Å². The fraction of sp³-hybridized carbons (Fsp3) is 0.357. The van der Waals surface area contributed by atoms with E-state index in [9.17, 15) is 19.2 Å². The van der Waals surface area contributed by atoms with E-state index in [4.69, 9.17) is 18.9 Å². The molecule has 0 heterocycles. The van der Waals surface area contributed by atoms with Crippen molar-refractivity contribution in [3.63, 3.8) is 0 Å². The Hall–Kier alpha value is -4.42. The summed E-state index contributed by atoms with van der Waals surface area (Å²) in [4.78, 5) is 47.5. The van der Waals surface area contributed by atoms with E-state index in [0.29, 0.717) is 27.9 Å². The number of carbonyl (C=O) groups excluding carboxylic acids is 4. The summed E-state index contributed by atoms with van der Waals surface area (Å²) < 4.78 is 20.5. The molecule has 0 saturated heterocycles. The highest BCUT2D eigenvalue weighted by Crippen LogP contribution is 2.30. The van der Waals surface area contributed by atoms with Crippen LogP contribution in [0.15, 0.2) is 60.7 Å². The summed E-state index contributed by atoms with van der Waals surface area (Å²) in [7, 11) is 0. The average Bonchev–Trinajstić information content (AvgIpc) is 2.91. The first-order valence-corrected chi connectivity index (χ1v) is 12.6. The lowest BCUT2D eigenvalue weighted by Crippen LogP contribution is -2.32. The van der Waals surface area contributed by atoms with E-state index in [0.717, 1.165) is 5.39 Å². The number of fused-ring (bicyclic) bond motifs is 1. The molecule has 0 aliphatic rings. The van der Waals surface area contributed by atoms with Gasteiger partial charge in [0.1, 0.15) is 13.2 Å². The fourth-order valence-corrected chi connectivity index (χ4v) is 3.19. The first-order valence-electron chi connectivity index (χ1n) is 12.6. The van der Waals surface area contributed by atoms with Crippen LogP contribution in [0.1, 0.15) is 13.8 Å². The van der Waals surface area contributed by atoms with E-state index >= 15 is 0 Å². The molecule has 2 aromatic rings. The number of carbonyl (C=O) groups is 4. The van der Waals surface area contributed by atoms with E-state index in [-0.39, 0.29) is 52.7 Å². The zero-order chi connectivity index (χ0) is 29.3. The third-order valence-electron chi connectivity index (χ3n) is 5.08. The van der Waals surface area contributed by atoms with Crippen molar-refractivity contribution in [1.29, 1.82) is 0 Å². The van der Waals surface area contributed by atoms with Crippen LogP contribution in [-0.4, -0.2) is 76.7 Å². The van der Waals surface area contributed by atoms with Crippen LogP contribution in [0.4, 0.5) is 21.0 Å². The molecule has 2 rings (SSSR count). The van der Waals surface area contributed by atoms with Gasteiger partial charge in [0.25, 0.3) is 0 Å². The molecule has 0 fully saturated rings. The number of ether oxygens (including phenoxy) is 4. The minimum absolute atomic E-state index is 0.0945. The van der Waals surface area contributed by atoms with Crippen LogP contribution in [0.5, 0.6) is 0 Å². The highest BCUT2D eigenvalue weighted by atomic mass is 16.6. The number of anilines is 2. The standard InChI is InChI=1S/C28H36N4O8/c1-19(2)25(33)39-17-15-37-13-11-29-27(35)31-22-9-5-7-21-8-6-10-23(24(21)22)32-28(36)30-12-14-38-16-18-40-26(34)20(3)4/h5-10H,1,3,11-18H2,2,4H3,(H2,29,31,35)(H2,30,32,36). The molecule has 0 aromatic heterocycles. The molecule has 0 spiro atoms. The predicted octanol–water partition coefficient (Wildman–Crippen LogP) is 3.35. The molecule has 0 unspecified atom stereocenters. The molecule has 4 N–H and O–H groups in total. The van der Waals surface area contributed by atoms with Gasteiger partial charge >= 0.3 is 24.0 Å². The number of urea groups is 2. The van der Waals surface area contributed by atoms with Crippen LogP contribution < -0.4 is 21.3 Å². The van der Waals surface area contributed by atoms with E-state index in [1.54, 1.807) is 38.1 Å². The van der Waals surface area contributed by atoms with Crippen molar-refractivity contribution in [1.82, 2.24) is 10.6 Å². The normalized spacial score (nSPS) is 10.3. The Bertz CT molecular complexity index is 1130. The largest absolute Gasteiger partial charge is 0.460 e. The van der Waals surface area contributed by atoms with Crippen LogP contribution in [0.3, 0.4) is 0 Å². The van der Waals surface area contributed by atoms with E-state index in [2.05, 4.69) is 34.4 Å². The third-order valence-corrected chi connectivity index (χ3v) is 5.08. The minimum atomic E-state index is -0.479. The SMILES string of the molecule is C=C(C)C(=O)OCCOCCNC(=O)Nc1cccc2cccc(NC(=O)NCCOCCOC(=O)C(=C)C)c12. The second-order valence-corrected chi connectivity index (χ2v) is 8.53. The maximum atomic E-state index is 12.5. The van der Waals surface area contributed by atoms with Gasteiger partial charge in [-0.1, -0.05) is 37.4 Å². The van der Waals surface area contributed by atoms with Crippen LogP contribution in [0.25, 0.3) is 10.8 Å². The molecular weight excluding hydrogens is 520 g/mol. The Morgan fingerprint density at radius 3 is 1.48 bits per heavy atom. The summed E-state index contributed by atoms with van der Waals surface area (Å²) in [5.41, 5.74) is 1.64. The number of hydrogen-bond donors (Lipinski definition) is 4. The quantitative estimate of drug-likeness (QED) is 0.139. The highest BCUT2D eigenvalue weighted by molar-refractivity contribution is 6.10. The number of rotatable bonds is 16. The summed E-state index contributed by atoms with van der Waals surface area (Å²) in [6.45, 7) is 11.6. The summed E-state index contributed by atoms with van der Waals surface area (Å²) >= 11 is 0. The first kappa shape index (κ1) is 31.8. The number of amides is 4. The van der Waals surface area contributed by atoms with Gasteiger partial charge in [-0.3, -0.25) is 0 Å². The average molecular weight is 557 g/mol. The molecular formula is C28H36N4O8. The fourth-order valence-electron chi connectivity index (χ4n) is 3.19. The molecule has 4 amide bonds. The maximum Gasteiger partial charge on any atom is 0.333 e. The second-order valence-electron chi connectivity index (χ2n) is 8.53. The van der Waals surface area contributed by atoms with Gasteiger partial charge < -0.3 is 40.2 Å². The van der Waals surface area contributed by atoms with Crippen molar-refractivity contribution in [3.8, 4) is 0 Å². The summed E-state index contributed by atoms with van der Waals surface area (Å²) in [5.74, 6) is -0.959. The molecule has 216 valence electrons. The Kier molecular flexibility index (Phi) is 13.7. The topological polar surface area (TPSA) is 153 Å². The lowest BCUT2D eigenvalue weighted by molar-refractivity contribution is -0.141. The molecule has 12 nitrogen and oxygen atoms in total. The monoisotopic (exact) mass is 556 g/mol. The van der Waals surface area contributed by atoms with Crippen molar-refractivity contribution in [2.75, 3.05) is 63.4 Å². The van der Waals surface area contributed by atoms with Gasteiger partial charge in [-0.25, -0.2) is 19.2 Å². The maximum absolute atomic E-state index is 12.5. The lowest BCUT2D eigenvalue weighted by atomic mass is 10.1. The minimum Gasteiger partial charge on any atom is -0.460 e. The van der Waals surface area contributed by atoms with Crippen LogP contribution >= 0.6 is 0 Å². The molecule has 0 radical (unpaired) electrons. The smallest absolute Gasteiger partial charge is 0.333 e. The molecule has 2 aromatic carbocycles. The number of hydrogen-bond acceptors (Lipinski definition) is 8. The Morgan fingerprint density at radius 1 is 0.650 bits per heavy atom. The van der Waals surface area contributed by atoms with Gasteiger partial charge in [-0.2, -0.15) is 0 Å². The third kappa shape index (κ3) is 11.5. The molecule has 0 bridgehead atoms. The molecule has 0 aliphatic carbocycles. The van der Waals surface area contributed by atoms with E-state index in [1.807, 2.05) is 12.1 Å². The molecule has 0 atom stereocenters. The molecule has 0 saturated carbocycles. The summed E-state index contributed by atoms with van der Waals surface area (Å²) in [5, 5.41) is 12.4. The summed E-state index contributed by atoms with van der Waals surface area (Å²) in [6, 6.07) is 9.88. The number of nitrogens with one attached hydrogen (secondary N) is 4. The van der Waals surface area contributed by atoms with Gasteiger partial charge in [0.05, 0.1) is 37.8 Å². The van der Waals surface area contributed by atoms with E-state index < -0.39 is 24.0 Å². The molecule has 12 heteroatoms. The van der Waals surface area contributed by atoms with Gasteiger partial charge in [0.2, 0.25) is 0 Å². The van der Waals surface area contributed by atoms with Crippen LogP contribution in [0, 0.1) is 0 Å². The number of benzene rings is 2. The van der Waals surface area contributed by atoms with Gasteiger partial charge in [-0.05, 0) is 31.4 Å². The van der Waals surface area contributed by atoms with Crippen molar-refractivity contribution in [2.24, 2.45) is 0 Å². The predicted molar refractivity (Wildman–Crippen MR) is 151 cm³/mol. The number of esters is 2. The van der Waals surface area contributed by atoms with Crippen LogP contribution in [-0.2, 0) is 28.5 Å². The lowest BCUT2D eigenvalue weighted by Gasteiger charge is -2.15. The van der Waals surface area contributed by atoms with Crippen molar-refractivity contribution >= 4 is 46.1 Å². The summed E-state index contributed by atoms with van der Waals surface area (Å²) in [6.07, 6.45) is 0. The molecule has 0 aliphatic heterocycles. The van der Waals surface area contributed by atoms with Gasteiger partial charge in [-0.15, -0.1) is 0 Å². The van der Waals surface area contributed by atoms with Crippen molar-refractivity contribution in [2.45, 2.75) is 13.8 Å². The van der Waals surface area contributed by atoms with E-state index in [1.165, 1.54) is 0 Å². The van der Waals surface area contributed by atoms with Gasteiger partial charge in [0, 0.05) is 29.6 Å². The van der Waals surface area contributed by atoms with Gasteiger partial charge in [0.15, 0.2) is 0 Å². The zero-order valence-electron chi connectivity index (χ0n) is 22.8. The Morgan fingerprint density at radius 2 is 1.07 bits per heavy atom. The zero-order valence-corrected chi connectivity index (χ0v) is 22.8. The van der Waals surface area contributed by atoms with Crippen molar-refractivity contribution < 1.29 is 38.1 Å². The van der Waals surface area contributed by atoms with Crippen LogP contribution in [0.2, 0.25) is 0 Å². The second kappa shape index (κ2) is 17.2. The molecule has 40 heavy (non-hydrogen) atoms. The Balaban J connectivity index is 1.78.